The number of unbranched alkanes of at least 4 members (excludes halogenated alkanes) is 38. The molecule has 0 bridgehead atoms. The van der Waals surface area contributed by atoms with Crippen LogP contribution in [0.25, 0.3) is 0 Å². The van der Waals surface area contributed by atoms with Crippen molar-refractivity contribution in [3.8, 4) is 0 Å². The summed E-state index contributed by atoms with van der Waals surface area (Å²) in [5, 5.41) is 0. The van der Waals surface area contributed by atoms with Gasteiger partial charge in [-0.15, -0.1) is 0 Å². The molecule has 0 amide bonds. The number of hydrogen-bond donors (Lipinski definition) is 0. The third-order valence-corrected chi connectivity index (χ3v) is 13.8. The van der Waals surface area contributed by atoms with Crippen LogP contribution in [0, 0.1) is 0 Å². The highest BCUT2D eigenvalue weighted by molar-refractivity contribution is 5.71. The molecule has 0 aromatic rings. The van der Waals surface area contributed by atoms with Crippen molar-refractivity contribution < 1.29 is 28.6 Å². The average Bonchev–Trinajstić information content (AvgIpc) is 3.37. The van der Waals surface area contributed by atoms with E-state index < -0.39 is 6.10 Å². The van der Waals surface area contributed by atoms with Crippen molar-refractivity contribution in [1.82, 2.24) is 0 Å². The molecular formula is C65H118O6. The summed E-state index contributed by atoms with van der Waals surface area (Å²) in [7, 11) is 0. The molecular weight excluding hydrogens is 877 g/mol. The maximum atomic E-state index is 12.9. The molecule has 71 heavy (non-hydrogen) atoms. The summed E-state index contributed by atoms with van der Waals surface area (Å²) in [6, 6.07) is 0. The normalized spacial score (nSPS) is 12.3. The predicted molar refractivity (Wildman–Crippen MR) is 307 cm³/mol. The van der Waals surface area contributed by atoms with Crippen LogP contribution in [0.2, 0.25) is 0 Å². The van der Waals surface area contributed by atoms with Crippen molar-refractivity contribution in [3.05, 3.63) is 48.6 Å². The standard InChI is InChI=1S/C65H118O6/c1-4-7-10-13-16-19-22-25-28-29-30-31-32-33-34-35-38-40-43-46-49-52-55-58-64(67)70-61-62(71-65(68)59-56-53-50-47-44-41-37-27-24-21-18-15-12-9-6-3)60-69-63(66)57-54-51-48-45-42-39-36-26-23-20-17-14-11-8-5-2/h18,21-22,25,27,29-30,37,62H,4-17,19-20,23-24,26,28,31-36,38-61H2,1-3H3/b21-18-,25-22-,30-29-,37-27-. The Hall–Kier alpha value is -2.63. The molecule has 6 heteroatoms. The quantitative estimate of drug-likeness (QED) is 0.0261. The lowest BCUT2D eigenvalue weighted by Gasteiger charge is -2.18. The summed E-state index contributed by atoms with van der Waals surface area (Å²) < 4.78 is 16.9. The minimum absolute atomic E-state index is 0.0758. The SMILES string of the molecule is CCCCC/C=C\C/C=C\CCCCCCCC(=O)OC(COC(=O)CCCCCCCCCCCCC/C=C\C/C=C\CCCCCCC)COC(=O)CCCCCCCCCCCCCCCCC. The second-order valence-corrected chi connectivity index (χ2v) is 21.0. The van der Waals surface area contributed by atoms with Crippen LogP contribution < -0.4 is 0 Å². The van der Waals surface area contributed by atoms with Crippen LogP contribution in [-0.2, 0) is 28.6 Å². The zero-order chi connectivity index (χ0) is 51.4. The third kappa shape index (κ3) is 58.1. The number of carbonyl (C=O) groups is 3. The fourth-order valence-electron chi connectivity index (χ4n) is 9.09. The maximum absolute atomic E-state index is 12.9. The lowest BCUT2D eigenvalue weighted by Crippen LogP contribution is -2.30. The van der Waals surface area contributed by atoms with E-state index in [9.17, 15) is 14.4 Å². The van der Waals surface area contributed by atoms with Gasteiger partial charge in [-0.1, -0.05) is 275 Å². The summed E-state index contributed by atoms with van der Waals surface area (Å²) >= 11 is 0. The molecule has 0 aliphatic heterocycles. The van der Waals surface area contributed by atoms with E-state index in [1.165, 1.54) is 199 Å². The van der Waals surface area contributed by atoms with Gasteiger partial charge in [0.2, 0.25) is 0 Å². The Kier molecular flexibility index (Phi) is 57.7. The Morgan fingerprint density at radius 2 is 0.507 bits per heavy atom. The van der Waals surface area contributed by atoms with Crippen LogP contribution in [0.3, 0.4) is 0 Å². The molecule has 6 nitrogen and oxygen atoms in total. The molecule has 0 aromatic carbocycles. The number of rotatable bonds is 57. The van der Waals surface area contributed by atoms with Crippen molar-refractivity contribution >= 4 is 17.9 Å². The number of allylic oxidation sites excluding steroid dienone is 8. The van der Waals surface area contributed by atoms with E-state index in [0.717, 1.165) is 89.9 Å². The van der Waals surface area contributed by atoms with Gasteiger partial charge in [0.05, 0.1) is 0 Å². The van der Waals surface area contributed by atoms with Crippen LogP contribution in [0.4, 0.5) is 0 Å². The van der Waals surface area contributed by atoms with E-state index in [2.05, 4.69) is 69.4 Å². The highest BCUT2D eigenvalue weighted by atomic mass is 16.6. The van der Waals surface area contributed by atoms with Crippen LogP contribution in [0.5, 0.6) is 0 Å². The molecule has 0 saturated heterocycles. The zero-order valence-corrected chi connectivity index (χ0v) is 47.5. The van der Waals surface area contributed by atoms with Crippen molar-refractivity contribution in [2.75, 3.05) is 13.2 Å². The molecule has 0 heterocycles. The van der Waals surface area contributed by atoms with Gasteiger partial charge in [-0.05, 0) is 83.5 Å². The summed E-state index contributed by atoms with van der Waals surface area (Å²) in [5.41, 5.74) is 0. The molecule has 0 N–H and O–H groups in total. The smallest absolute Gasteiger partial charge is 0.306 e. The fraction of sp³-hybridized carbons (Fsp3) is 0.831. The highest BCUT2D eigenvalue weighted by Crippen LogP contribution is 2.17. The van der Waals surface area contributed by atoms with E-state index in [-0.39, 0.29) is 31.1 Å². The van der Waals surface area contributed by atoms with Crippen LogP contribution in [0.15, 0.2) is 48.6 Å². The average molecular weight is 996 g/mol. The molecule has 0 rings (SSSR count). The summed E-state index contributed by atoms with van der Waals surface area (Å²) in [5.74, 6) is -0.873. The second kappa shape index (κ2) is 59.9. The minimum Gasteiger partial charge on any atom is -0.462 e. The molecule has 0 aliphatic carbocycles. The maximum Gasteiger partial charge on any atom is 0.306 e. The summed E-state index contributed by atoms with van der Waals surface area (Å²) in [4.78, 5) is 38.2. The van der Waals surface area contributed by atoms with E-state index >= 15 is 0 Å². The van der Waals surface area contributed by atoms with E-state index in [0.29, 0.717) is 19.3 Å². The number of esters is 3. The Bertz CT molecular complexity index is 1230. The second-order valence-electron chi connectivity index (χ2n) is 21.0. The van der Waals surface area contributed by atoms with Gasteiger partial charge in [0.1, 0.15) is 13.2 Å². The van der Waals surface area contributed by atoms with E-state index in [1.807, 2.05) is 0 Å². The van der Waals surface area contributed by atoms with Crippen molar-refractivity contribution in [3.63, 3.8) is 0 Å². The first-order chi connectivity index (χ1) is 35.0. The van der Waals surface area contributed by atoms with Crippen LogP contribution in [0.1, 0.15) is 329 Å². The highest BCUT2D eigenvalue weighted by Gasteiger charge is 2.19. The van der Waals surface area contributed by atoms with E-state index in [4.69, 9.17) is 14.2 Å². The molecule has 0 radical (unpaired) electrons. The number of ether oxygens (including phenoxy) is 3. The van der Waals surface area contributed by atoms with Gasteiger partial charge in [-0.2, -0.15) is 0 Å². The molecule has 0 fully saturated rings. The van der Waals surface area contributed by atoms with Gasteiger partial charge in [-0.3, -0.25) is 14.4 Å². The molecule has 414 valence electrons. The fourth-order valence-corrected chi connectivity index (χ4v) is 9.09. The molecule has 0 aromatic heterocycles. The van der Waals surface area contributed by atoms with Gasteiger partial charge in [0, 0.05) is 19.3 Å². The number of carbonyl (C=O) groups excluding carboxylic acids is 3. The third-order valence-electron chi connectivity index (χ3n) is 13.8. The monoisotopic (exact) mass is 995 g/mol. The van der Waals surface area contributed by atoms with Gasteiger partial charge >= 0.3 is 17.9 Å². The topological polar surface area (TPSA) is 78.9 Å². The Morgan fingerprint density at radius 3 is 0.803 bits per heavy atom. The van der Waals surface area contributed by atoms with Crippen LogP contribution >= 0.6 is 0 Å². The summed E-state index contributed by atoms with van der Waals surface area (Å²) in [6.07, 6.45) is 73.9. The van der Waals surface area contributed by atoms with Gasteiger partial charge < -0.3 is 14.2 Å². The Morgan fingerprint density at radius 1 is 0.282 bits per heavy atom. The first kappa shape index (κ1) is 68.4. The van der Waals surface area contributed by atoms with E-state index in [1.54, 1.807) is 0 Å². The Balaban J connectivity index is 4.31. The molecule has 1 unspecified atom stereocenters. The molecule has 0 aliphatic rings. The molecule has 0 spiro atoms. The molecule has 0 saturated carbocycles. The minimum atomic E-state index is -0.779. The first-order valence-corrected chi connectivity index (χ1v) is 31.1. The lowest BCUT2D eigenvalue weighted by molar-refractivity contribution is -0.167. The Labute approximate surface area is 441 Å². The van der Waals surface area contributed by atoms with Crippen molar-refractivity contribution in [2.24, 2.45) is 0 Å². The van der Waals surface area contributed by atoms with Crippen molar-refractivity contribution in [1.29, 1.82) is 0 Å². The summed E-state index contributed by atoms with van der Waals surface area (Å²) in [6.45, 7) is 6.64. The first-order valence-electron chi connectivity index (χ1n) is 31.1. The lowest BCUT2D eigenvalue weighted by atomic mass is 10.0. The molecule has 1 atom stereocenters. The number of hydrogen-bond acceptors (Lipinski definition) is 6. The zero-order valence-electron chi connectivity index (χ0n) is 47.5. The van der Waals surface area contributed by atoms with Crippen molar-refractivity contribution in [2.45, 2.75) is 335 Å². The van der Waals surface area contributed by atoms with Gasteiger partial charge in [-0.25, -0.2) is 0 Å². The predicted octanol–water partition coefficient (Wildman–Crippen LogP) is 21.0. The van der Waals surface area contributed by atoms with Gasteiger partial charge in [0.15, 0.2) is 6.10 Å². The van der Waals surface area contributed by atoms with Crippen LogP contribution in [-0.4, -0.2) is 37.2 Å². The van der Waals surface area contributed by atoms with Gasteiger partial charge in [0.25, 0.3) is 0 Å². The largest absolute Gasteiger partial charge is 0.462 e.